The minimum atomic E-state index is 0.662. The molecular formula is C15H19N3. The molecule has 0 spiro atoms. The third-order valence-corrected chi connectivity index (χ3v) is 3.00. The van der Waals surface area contributed by atoms with Crippen LogP contribution in [0, 0.1) is 6.92 Å². The maximum absolute atomic E-state index is 5.56. The van der Waals surface area contributed by atoms with Gasteiger partial charge in [-0.15, -0.1) is 0 Å². The van der Waals surface area contributed by atoms with Crippen molar-refractivity contribution in [1.29, 1.82) is 0 Å². The zero-order valence-corrected chi connectivity index (χ0v) is 10.9. The third-order valence-electron chi connectivity index (χ3n) is 3.00. The van der Waals surface area contributed by atoms with Crippen LogP contribution in [0.15, 0.2) is 42.6 Å². The predicted molar refractivity (Wildman–Crippen MR) is 76.2 cm³/mol. The number of hydrogen-bond acceptors (Lipinski definition) is 3. The van der Waals surface area contributed by atoms with Gasteiger partial charge in [0.15, 0.2) is 0 Å². The second-order valence-corrected chi connectivity index (χ2v) is 4.42. The molecule has 0 amide bonds. The van der Waals surface area contributed by atoms with E-state index in [2.05, 4.69) is 35.0 Å². The molecule has 0 saturated heterocycles. The van der Waals surface area contributed by atoms with E-state index >= 15 is 0 Å². The minimum absolute atomic E-state index is 0.662. The highest BCUT2D eigenvalue weighted by Crippen LogP contribution is 2.24. The molecule has 0 atom stereocenters. The summed E-state index contributed by atoms with van der Waals surface area (Å²) in [5.74, 6) is 0.988. The SMILES string of the molecule is Cc1cc(CCN)cnc1N(C)c1ccccc1. The van der Waals surface area contributed by atoms with E-state index < -0.39 is 0 Å². The van der Waals surface area contributed by atoms with E-state index in [-0.39, 0.29) is 0 Å². The van der Waals surface area contributed by atoms with E-state index in [1.165, 1.54) is 11.1 Å². The average molecular weight is 241 g/mol. The molecule has 2 aromatic rings. The van der Waals surface area contributed by atoms with Crippen LogP contribution in [0.1, 0.15) is 11.1 Å². The van der Waals surface area contributed by atoms with Gasteiger partial charge in [-0.2, -0.15) is 0 Å². The number of hydrogen-bond donors (Lipinski definition) is 1. The lowest BCUT2D eigenvalue weighted by Crippen LogP contribution is -2.13. The van der Waals surface area contributed by atoms with E-state index in [1.807, 2.05) is 31.4 Å². The number of aryl methyl sites for hydroxylation is 1. The molecule has 1 heterocycles. The number of aromatic nitrogens is 1. The molecule has 3 heteroatoms. The topological polar surface area (TPSA) is 42.1 Å². The Balaban J connectivity index is 2.28. The Labute approximate surface area is 108 Å². The highest BCUT2D eigenvalue weighted by molar-refractivity contribution is 5.61. The van der Waals surface area contributed by atoms with Crippen molar-refractivity contribution in [3.63, 3.8) is 0 Å². The van der Waals surface area contributed by atoms with E-state index in [9.17, 15) is 0 Å². The minimum Gasteiger partial charge on any atom is -0.330 e. The number of para-hydroxylation sites is 1. The standard InChI is InChI=1S/C15H19N3/c1-12-10-13(8-9-16)11-17-15(12)18(2)14-6-4-3-5-7-14/h3-7,10-11H,8-9,16H2,1-2H3. The van der Waals surface area contributed by atoms with Crippen molar-refractivity contribution in [1.82, 2.24) is 4.98 Å². The summed E-state index contributed by atoms with van der Waals surface area (Å²) in [6, 6.07) is 12.4. The summed E-state index contributed by atoms with van der Waals surface area (Å²) in [5.41, 5.74) is 9.07. The first kappa shape index (κ1) is 12.6. The first-order chi connectivity index (χ1) is 8.72. The lowest BCUT2D eigenvalue weighted by atomic mass is 10.1. The third kappa shape index (κ3) is 2.68. The first-order valence-electron chi connectivity index (χ1n) is 6.16. The van der Waals surface area contributed by atoms with Crippen LogP contribution in [0.5, 0.6) is 0 Å². The molecule has 0 aliphatic carbocycles. The summed E-state index contributed by atoms with van der Waals surface area (Å²) in [7, 11) is 2.03. The quantitative estimate of drug-likeness (QED) is 0.894. The van der Waals surface area contributed by atoms with Crippen LogP contribution in [0.2, 0.25) is 0 Å². The Morgan fingerprint density at radius 1 is 1.22 bits per heavy atom. The normalized spacial score (nSPS) is 10.4. The van der Waals surface area contributed by atoms with Gasteiger partial charge in [-0.3, -0.25) is 0 Å². The number of pyridine rings is 1. The summed E-state index contributed by atoms with van der Waals surface area (Å²) in [6.07, 6.45) is 2.79. The molecule has 0 aliphatic rings. The van der Waals surface area contributed by atoms with Crippen LogP contribution in [0.4, 0.5) is 11.5 Å². The van der Waals surface area contributed by atoms with Crippen LogP contribution < -0.4 is 10.6 Å². The van der Waals surface area contributed by atoms with Crippen LogP contribution in [-0.2, 0) is 6.42 Å². The van der Waals surface area contributed by atoms with Crippen molar-refractivity contribution < 1.29 is 0 Å². The van der Waals surface area contributed by atoms with Gasteiger partial charge in [0.1, 0.15) is 5.82 Å². The molecule has 2 N–H and O–H groups in total. The lowest BCUT2D eigenvalue weighted by Gasteiger charge is -2.20. The Bertz CT molecular complexity index is 508. The fraction of sp³-hybridized carbons (Fsp3) is 0.267. The molecule has 0 radical (unpaired) electrons. The molecule has 0 fully saturated rings. The maximum atomic E-state index is 5.56. The second kappa shape index (κ2) is 5.65. The van der Waals surface area contributed by atoms with Gasteiger partial charge in [0, 0.05) is 18.9 Å². The molecule has 0 unspecified atom stereocenters. The number of nitrogens with zero attached hydrogens (tertiary/aromatic N) is 2. The number of benzene rings is 1. The molecular weight excluding hydrogens is 222 g/mol. The van der Waals surface area contributed by atoms with Gasteiger partial charge < -0.3 is 10.6 Å². The van der Waals surface area contributed by atoms with Gasteiger partial charge >= 0.3 is 0 Å². The van der Waals surface area contributed by atoms with Gasteiger partial charge in [0.25, 0.3) is 0 Å². The highest BCUT2D eigenvalue weighted by Gasteiger charge is 2.08. The van der Waals surface area contributed by atoms with Gasteiger partial charge in [-0.05, 0) is 43.1 Å². The smallest absolute Gasteiger partial charge is 0.135 e. The highest BCUT2D eigenvalue weighted by atomic mass is 15.2. The van der Waals surface area contributed by atoms with Crippen LogP contribution in [0.25, 0.3) is 0 Å². The summed E-state index contributed by atoms with van der Waals surface area (Å²) in [4.78, 5) is 6.64. The fourth-order valence-corrected chi connectivity index (χ4v) is 2.05. The summed E-state index contributed by atoms with van der Waals surface area (Å²) in [6.45, 7) is 2.75. The summed E-state index contributed by atoms with van der Waals surface area (Å²) < 4.78 is 0. The van der Waals surface area contributed by atoms with E-state index in [4.69, 9.17) is 5.73 Å². The average Bonchev–Trinajstić information content (AvgIpc) is 2.40. The van der Waals surface area contributed by atoms with Crippen molar-refractivity contribution in [2.45, 2.75) is 13.3 Å². The summed E-state index contributed by atoms with van der Waals surface area (Å²) >= 11 is 0. The Kier molecular flexibility index (Phi) is 3.95. The lowest BCUT2D eigenvalue weighted by molar-refractivity contribution is 0.950. The molecule has 18 heavy (non-hydrogen) atoms. The van der Waals surface area contributed by atoms with Gasteiger partial charge in [-0.25, -0.2) is 4.98 Å². The van der Waals surface area contributed by atoms with Crippen molar-refractivity contribution in [3.05, 3.63) is 53.7 Å². The van der Waals surface area contributed by atoms with Crippen molar-refractivity contribution >= 4 is 11.5 Å². The van der Waals surface area contributed by atoms with Crippen LogP contribution in [0.3, 0.4) is 0 Å². The largest absolute Gasteiger partial charge is 0.330 e. The second-order valence-electron chi connectivity index (χ2n) is 4.42. The molecule has 0 aliphatic heterocycles. The van der Waals surface area contributed by atoms with Gasteiger partial charge in [0.2, 0.25) is 0 Å². The van der Waals surface area contributed by atoms with Crippen molar-refractivity contribution in [2.24, 2.45) is 5.73 Å². The molecule has 0 bridgehead atoms. The maximum Gasteiger partial charge on any atom is 0.135 e. The zero-order valence-electron chi connectivity index (χ0n) is 10.9. The van der Waals surface area contributed by atoms with Crippen molar-refractivity contribution in [3.8, 4) is 0 Å². The van der Waals surface area contributed by atoms with Crippen molar-refractivity contribution in [2.75, 3.05) is 18.5 Å². The van der Waals surface area contributed by atoms with Crippen LogP contribution >= 0.6 is 0 Å². The molecule has 94 valence electrons. The molecule has 1 aromatic carbocycles. The molecule has 0 saturated carbocycles. The molecule has 3 nitrogen and oxygen atoms in total. The number of rotatable bonds is 4. The number of anilines is 2. The molecule has 2 rings (SSSR count). The zero-order chi connectivity index (χ0) is 13.0. The summed E-state index contributed by atoms with van der Waals surface area (Å²) in [5, 5.41) is 0. The first-order valence-corrected chi connectivity index (χ1v) is 6.16. The predicted octanol–water partition coefficient (Wildman–Crippen LogP) is 2.66. The van der Waals surface area contributed by atoms with Crippen LogP contribution in [-0.4, -0.2) is 18.6 Å². The van der Waals surface area contributed by atoms with Gasteiger partial charge in [0.05, 0.1) is 0 Å². The van der Waals surface area contributed by atoms with Gasteiger partial charge in [-0.1, -0.05) is 24.3 Å². The Morgan fingerprint density at radius 2 is 1.94 bits per heavy atom. The number of nitrogens with two attached hydrogens (primary N) is 1. The van der Waals surface area contributed by atoms with E-state index in [1.54, 1.807) is 0 Å². The Hall–Kier alpha value is -1.87. The monoisotopic (exact) mass is 241 g/mol. The molecule has 1 aromatic heterocycles. The fourth-order valence-electron chi connectivity index (χ4n) is 2.05. The Morgan fingerprint density at radius 3 is 2.56 bits per heavy atom. The van der Waals surface area contributed by atoms with E-state index in [0.29, 0.717) is 6.54 Å². The van der Waals surface area contributed by atoms with E-state index in [0.717, 1.165) is 17.9 Å².